The number of hydrogen-bond donors (Lipinski definition) is 1. The standard InChI is InChI=1S/C19H23N5O3/c25-17-15-7-3-2-6-14(15)16(20-21-17)18(26)22-10-12-24(13-11-22)19(27)23-8-4-1-5-9-23/h2-3,6-7H,1,4-5,8-13H2,(H,21,25). The fourth-order valence-corrected chi connectivity index (χ4v) is 3.81. The first-order chi connectivity index (χ1) is 13.1. The number of hydrogen-bond acceptors (Lipinski definition) is 4. The van der Waals surface area contributed by atoms with E-state index in [1.54, 1.807) is 29.2 Å². The number of carbonyl (C=O) groups is 2. The van der Waals surface area contributed by atoms with Crippen molar-refractivity contribution >= 4 is 22.7 Å². The van der Waals surface area contributed by atoms with Gasteiger partial charge in [-0.25, -0.2) is 9.89 Å². The zero-order valence-electron chi connectivity index (χ0n) is 15.2. The number of amides is 3. The van der Waals surface area contributed by atoms with Crippen molar-refractivity contribution in [2.45, 2.75) is 19.3 Å². The minimum atomic E-state index is -0.306. The number of rotatable bonds is 1. The lowest BCUT2D eigenvalue weighted by Gasteiger charge is -2.38. The Labute approximate surface area is 156 Å². The van der Waals surface area contributed by atoms with E-state index in [1.807, 2.05) is 9.80 Å². The third-order valence-corrected chi connectivity index (χ3v) is 5.36. The topological polar surface area (TPSA) is 89.6 Å². The lowest BCUT2D eigenvalue weighted by Crippen LogP contribution is -2.54. The van der Waals surface area contributed by atoms with Crippen molar-refractivity contribution in [1.29, 1.82) is 0 Å². The Balaban J connectivity index is 1.46. The molecule has 8 heteroatoms. The van der Waals surface area contributed by atoms with Crippen LogP contribution in [0.15, 0.2) is 29.1 Å². The summed E-state index contributed by atoms with van der Waals surface area (Å²) in [6.07, 6.45) is 3.32. The highest BCUT2D eigenvalue weighted by atomic mass is 16.2. The Kier molecular flexibility index (Phi) is 4.79. The SMILES string of the molecule is O=C(c1n[nH]c(=O)c2ccccc12)N1CCN(C(=O)N2CCCCC2)CC1. The van der Waals surface area contributed by atoms with Crippen LogP contribution in [0.1, 0.15) is 29.8 Å². The lowest BCUT2D eigenvalue weighted by atomic mass is 10.1. The first-order valence-electron chi connectivity index (χ1n) is 9.46. The van der Waals surface area contributed by atoms with E-state index < -0.39 is 0 Å². The van der Waals surface area contributed by atoms with Gasteiger partial charge in [0.25, 0.3) is 11.5 Å². The van der Waals surface area contributed by atoms with Gasteiger partial charge in [0, 0.05) is 44.7 Å². The summed E-state index contributed by atoms with van der Waals surface area (Å²) >= 11 is 0. The molecule has 142 valence electrons. The molecule has 0 radical (unpaired) electrons. The van der Waals surface area contributed by atoms with Crippen LogP contribution in [-0.2, 0) is 0 Å². The van der Waals surface area contributed by atoms with Gasteiger partial charge in [-0.15, -0.1) is 0 Å². The van der Waals surface area contributed by atoms with Gasteiger partial charge in [-0.1, -0.05) is 18.2 Å². The molecular weight excluding hydrogens is 346 g/mol. The predicted molar refractivity (Wildman–Crippen MR) is 101 cm³/mol. The van der Waals surface area contributed by atoms with E-state index in [0.29, 0.717) is 37.0 Å². The van der Waals surface area contributed by atoms with Crippen LogP contribution < -0.4 is 5.56 Å². The number of carbonyl (C=O) groups excluding carboxylic acids is 2. The Hall–Kier alpha value is -2.90. The highest BCUT2D eigenvalue weighted by molar-refractivity contribution is 6.04. The summed E-state index contributed by atoms with van der Waals surface area (Å²) in [5.41, 5.74) is -0.0555. The Morgan fingerprint density at radius 3 is 2.11 bits per heavy atom. The normalized spacial score (nSPS) is 18.0. The molecule has 27 heavy (non-hydrogen) atoms. The van der Waals surface area contributed by atoms with Gasteiger partial charge in [0.15, 0.2) is 5.69 Å². The highest BCUT2D eigenvalue weighted by Crippen LogP contribution is 2.17. The molecule has 2 saturated heterocycles. The number of H-pyrrole nitrogens is 1. The second-order valence-electron chi connectivity index (χ2n) is 7.06. The number of piperidine rings is 1. The molecule has 1 aromatic carbocycles. The van der Waals surface area contributed by atoms with Gasteiger partial charge in [0.1, 0.15) is 0 Å². The van der Waals surface area contributed by atoms with Gasteiger partial charge in [-0.3, -0.25) is 9.59 Å². The van der Waals surface area contributed by atoms with Crippen LogP contribution in [0.4, 0.5) is 4.79 Å². The van der Waals surface area contributed by atoms with Crippen LogP contribution in [0.3, 0.4) is 0 Å². The minimum absolute atomic E-state index is 0.0782. The molecular formula is C19H23N5O3. The largest absolute Gasteiger partial charge is 0.334 e. The van der Waals surface area contributed by atoms with Crippen LogP contribution in [0.5, 0.6) is 0 Å². The Morgan fingerprint density at radius 2 is 1.41 bits per heavy atom. The van der Waals surface area contributed by atoms with E-state index in [2.05, 4.69) is 10.2 Å². The monoisotopic (exact) mass is 369 g/mol. The summed E-state index contributed by atoms with van der Waals surface area (Å²) in [6, 6.07) is 7.05. The van der Waals surface area contributed by atoms with Crippen LogP contribution >= 0.6 is 0 Å². The number of nitrogens with one attached hydrogen (secondary N) is 1. The average molecular weight is 369 g/mol. The molecule has 4 rings (SSSR count). The molecule has 2 aliphatic heterocycles. The molecule has 0 spiro atoms. The summed E-state index contributed by atoms with van der Waals surface area (Å²) in [5, 5.41) is 7.41. The molecule has 2 aliphatic rings. The van der Waals surface area contributed by atoms with Crippen molar-refractivity contribution < 1.29 is 9.59 Å². The molecule has 3 amide bonds. The fraction of sp³-hybridized carbons (Fsp3) is 0.474. The van der Waals surface area contributed by atoms with E-state index in [-0.39, 0.29) is 23.2 Å². The molecule has 1 N–H and O–H groups in total. The van der Waals surface area contributed by atoms with Gasteiger partial charge in [0.05, 0.1) is 5.39 Å². The van der Waals surface area contributed by atoms with Crippen molar-refractivity contribution in [2.24, 2.45) is 0 Å². The van der Waals surface area contributed by atoms with Crippen molar-refractivity contribution in [2.75, 3.05) is 39.3 Å². The zero-order chi connectivity index (χ0) is 18.8. The Morgan fingerprint density at radius 1 is 0.815 bits per heavy atom. The third kappa shape index (κ3) is 3.39. The number of urea groups is 1. The highest BCUT2D eigenvalue weighted by Gasteiger charge is 2.29. The number of nitrogens with zero attached hydrogens (tertiary/aromatic N) is 4. The van der Waals surface area contributed by atoms with Crippen LogP contribution in [-0.4, -0.2) is 76.1 Å². The number of fused-ring (bicyclic) bond motifs is 1. The molecule has 0 unspecified atom stereocenters. The van der Waals surface area contributed by atoms with Crippen LogP contribution in [0.25, 0.3) is 10.8 Å². The lowest BCUT2D eigenvalue weighted by molar-refractivity contribution is 0.0628. The van der Waals surface area contributed by atoms with Gasteiger partial charge >= 0.3 is 6.03 Å². The quantitative estimate of drug-likeness (QED) is 0.820. The maximum Gasteiger partial charge on any atom is 0.320 e. The number of piperazine rings is 1. The molecule has 0 aliphatic carbocycles. The van der Waals surface area contributed by atoms with E-state index in [4.69, 9.17) is 0 Å². The molecule has 2 aromatic rings. The molecule has 3 heterocycles. The van der Waals surface area contributed by atoms with Gasteiger partial charge in [0.2, 0.25) is 0 Å². The van der Waals surface area contributed by atoms with Gasteiger partial charge < -0.3 is 14.7 Å². The third-order valence-electron chi connectivity index (χ3n) is 5.36. The van der Waals surface area contributed by atoms with E-state index in [0.717, 1.165) is 25.9 Å². The fourth-order valence-electron chi connectivity index (χ4n) is 3.81. The first kappa shape index (κ1) is 17.5. The first-order valence-corrected chi connectivity index (χ1v) is 9.46. The van der Waals surface area contributed by atoms with E-state index in [9.17, 15) is 14.4 Å². The second kappa shape index (κ2) is 7.38. The van der Waals surface area contributed by atoms with Crippen molar-refractivity contribution in [3.63, 3.8) is 0 Å². The smallest absolute Gasteiger partial charge is 0.320 e. The van der Waals surface area contributed by atoms with E-state index >= 15 is 0 Å². The number of benzene rings is 1. The maximum atomic E-state index is 12.9. The molecule has 0 bridgehead atoms. The van der Waals surface area contributed by atoms with Crippen LogP contribution in [0, 0.1) is 0 Å². The van der Waals surface area contributed by atoms with Crippen molar-refractivity contribution in [3.05, 3.63) is 40.3 Å². The average Bonchev–Trinajstić information content (AvgIpc) is 2.74. The van der Waals surface area contributed by atoms with E-state index in [1.165, 1.54) is 6.42 Å². The zero-order valence-corrected chi connectivity index (χ0v) is 15.2. The minimum Gasteiger partial charge on any atom is -0.334 e. The molecule has 1 aromatic heterocycles. The second-order valence-corrected chi connectivity index (χ2v) is 7.06. The summed E-state index contributed by atoms with van der Waals surface area (Å²) < 4.78 is 0. The summed E-state index contributed by atoms with van der Waals surface area (Å²) in [4.78, 5) is 42.9. The Bertz CT molecular complexity index is 911. The number of likely N-dealkylation sites (tertiary alicyclic amines) is 1. The molecule has 0 saturated carbocycles. The predicted octanol–water partition coefficient (Wildman–Crippen LogP) is 1.29. The van der Waals surface area contributed by atoms with Gasteiger partial charge in [-0.2, -0.15) is 5.10 Å². The van der Waals surface area contributed by atoms with Crippen molar-refractivity contribution in [1.82, 2.24) is 24.9 Å². The summed E-state index contributed by atoms with van der Waals surface area (Å²) in [5.74, 6) is -0.215. The molecule has 2 fully saturated rings. The van der Waals surface area contributed by atoms with Crippen molar-refractivity contribution in [3.8, 4) is 0 Å². The molecule has 0 atom stereocenters. The maximum absolute atomic E-state index is 12.9. The summed E-state index contributed by atoms with van der Waals surface area (Å²) in [7, 11) is 0. The number of aromatic nitrogens is 2. The summed E-state index contributed by atoms with van der Waals surface area (Å²) in [6.45, 7) is 3.61. The van der Waals surface area contributed by atoms with Crippen LogP contribution in [0.2, 0.25) is 0 Å². The van der Waals surface area contributed by atoms with Gasteiger partial charge in [-0.05, 0) is 25.3 Å². The molecule has 8 nitrogen and oxygen atoms in total. The number of aromatic amines is 1.